The summed E-state index contributed by atoms with van der Waals surface area (Å²) < 4.78 is 14.6. The van der Waals surface area contributed by atoms with Gasteiger partial charge >= 0.3 is 5.69 Å². The van der Waals surface area contributed by atoms with Crippen molar-refractivity contribution in [3.05, 3.63) is 45.4 Å². The summed E-state index contributed by atoms with van der Waals surface area (Å²) >= 11 is 0. The molecule has 0 aliphatic heterocycles. The predicted molar refractivity (Wildman–Crippen MR) is 70.0 cm³/mol. The van der Waals surface area contributed by atoms with Crippen molar-refractivity contribution in [1.29, 1.82) is 0 Å². The zero-order valence-corrected chi connectivity index (χ0v) is 10.9. The van der Waals surface area contributed by atoms with Gasteiger partial charge in [-0.05, 0) is 24.6 Å². The Bertz CT molecular complexity index is 669. The van der Waals surface area contributed by atoms with Crippen molar-refractivity contribution >= 4 is 11.5 Å². The molecule has 0 unspecified atom stereocenters. The number of aromatic hydroxyl groups is 1. The minimum absolute atomic E-state index is 0.105. The van der Waals surface area contributed by atoms with E-state index in [2.05, 4.69) is 10.4 Å². The van der Waals surface area contributed by atoms with E-state index in [0.717, 1.165) is 6.07 Å². The highest BCUT2D eigenvalue weighted by atomic mass is 19.1. The highest BCUT2D eigenvalue weighted by Crippen LogP contribution is 2.27. The Balaban J connectivity index is 2.22. The van der Waals surface area contributed by atoms with Gasteiger partial charge in [0.25, 0.3) is 0 Å². The lowest BCUT2D eigenvalue weighted by Gasteiger charge is -2.07. The first kappa shape index (κ1) is 13.8. The van der Waals surface area contributed by atoms with E-state index in [1.807, 2.05) is 0 Å². The molecule has 2 N–H and O–H groups in total. The second-order valence-corrected chi connectivity index (χ2v) is 4.30. The largest absolute Gasteiger partial charge is 0.505 e. The lowest BCUT2D eigenvalue weighted by atomic mass is 10.2. The Morgan fingerprint density at radius 2 is 2.25 bits per heavy atom. The number of nitro groups is 1. The summed E-state index contributed by atoms with van der Waals surface area (Å²) in [5.74, 6) is -0.919. The SMILES string of the molecule is Cc1nn(C)c(NCc2ccc(O)c(F)c2)c1[N+](=O)[O-]. The van der Waals surface area contributed by atoms with Gasteiger partial charge < -0.3 is 10.4 Å². The first-order valence-corrected chi connectivity index (χ1v) is 5.79. The molecule has 0 saturated carbocycles. The number of hydrogen-bond acceptors (Lipinski definition) is 5. The molecular weight excluding hydrogens is 267 g/mol. The third-order valence-electron chi connectivity index (χ3n) is 2.85. The van der Waals surface area contributed by atoms with Crippen LogP contribution in [-0.2, 0) is 13.6 Å². The van der Waals surface area contributed by atoms with E-state index in [1.54, 1.807) is 14.0 Å². The topological polar surface area (TPSA) is 93.2 Å². The van der Waals surface area contributed by atoms with Gasteiger partial charge in [0.05, 0.1) is 4.92 Å². The van der Waals surface area contributed by atoms with Gasteiger partial charge in [0.1, 0.15) is 5.69 Å². The van der Waals surface area contributed by atoms with Crippen molar-refractivity contribution in [2.75, 3.05) is 5.32 Å². The number of phenols is 1. The van der Waals surface area contributed by atoms with Gasteiger partial charge in [-0.2, -0.15) is 5.10 Å². The molecule has 0 spiro atoms. The molecule has 0 amide bonds. The molecule has 1 aromatic heterocycles. The number of aromatic nitrogens is 2. The van der Waals surface area contributed by atoms with Crippen molar-refractivity contribution < 1.29 is 14.4 Å². The third-order valence-corrected chi connectivity index (χ3v) is 2.85. The molecule has 0 bridgehead atoms. The van der Waals surface area contributed by atoms with Gasteiger partial charge in [0, 0.05) is 13.6 Å². The van der Waals surface area contributed by atoms with Gasteiger partial charge in [-0.3, -0.25) is 10.1 Å². The van der Waals surface area contributed by atoms with Gasteiger partial charge in [-0.1, -0.05) is 6.07 Å². The fraction of sp³-hybridized carbons (Fsp3) is 0.250. The quantitative estimate of drug-likeness (QED) is 0.660. The molecule has 2 rings (SSSR count). The van der Waals surface area contributed by atoms with Crippen molar-refractivity contribution in [2.45, 2.75) is 13.5 Å². The van der Waals surface area contributed by atoms with Crippen LogP contribution in [0, 0.1) is 22.9 Å². The Morgan fingerprint density at radius 1 is 1.55 bits per heavy atom. The molecule has 106 valence electrons. The van der Waals surface area contributed by atoms with E-state index in [1.165, 1.54) is 16.8 Å². The van der Waals surface area contributed by atoms with E-state index in [0.29, 0.717) is 11.3 Å². The summed E-state index contributed by atoms with van der Waals surface area (Å²) in [4.78, 5) is 10.5. The predicted octanol–water partition coefficient (Wildman–Crippen LogP) is 2.09. The molecule has 0 radical (unpaired) electrons. The Morgan fingerprint density at radius 3 is 2.85 bits per heavy atom. The number of nitrogens with zero attached hydrogens (tertiary/aromatic N) is 3. The minimum Gasteiger partial charge on any atom is -0.505 e. The smallest absolute Gasteiger partial charge is 0.333 e. The molecule has 1 aromatic carbocycles. The number of rotatable bonds is 4. The standard InChI is InChI=1S/C12H13FN4O3/c1-7-11(17(19)20)12(16(2)15-7)14-6-8-3-4-10(18)9(13)5-8/h3-5,14,18H,6H2,1-2H3. The third kappa shape index (κ3) is 2.53. The number of anilines is 1. The van der Waals surface area contributed by atoms with E-state index >= 15 is 0 Å². The second-order valence-electron chi connectivity index (χ2n) is 4.30. The lowest BCUT2D eigenvalue weighted by Crippen LogP contribution is -2.06. The zero-order chi connectivity index (χ0) is 14.9. The van der Waals surface area contributed by atoms with Crippen LogP contribution in [-0.4, -0.2) is 19.8 Å². The second kappa shape index (κ2) is 5.16. The average molecular weight is 280 g/mol. The van der Waals surface area contributed by atoms with Crippen LogP contribution in [0.3, 0.4) is 0 Å². The summed E-state index contributed by atoms with van der Waals surface area (Å²) in [7, 11) is 1.58. The average Bonchev–Trinajstić information content (AvgIpc) is 2.65. The maximum absolute atomic E-state index is 13.2. The van der Waals surface area contributed by atoms with Crippen LogP contribution in [0.1, 0.15) is 11.3 Å². The van der Waals surface area contributed by atoms with Gasteiger partial charge in [-0.25, -0.2) is 9.07 Å². The highest BCUT2D eigenvalue weighted by Gasteiger charge is 2.23. The maximum Gasteiger partial charge on any atom is 0.333 e. The Hall–Kier alpha value is -2.64. The maximum atomic E-state index is 13.2. The molecule has 0 saturated heterocycles. The minimum atomic E-state index is -0.736. The molecule has 2 aromatic rings. The number of hydrogen-bond donors (Lipinski definition) is 2. The number of phenolic OH excluding ortho intramolecular Hbond substituents is 1. The molecule has 0 aliphatic rings. The first-order valence-electron chi connectivity index (χ1n) is 5.79. The normalized spacial score (nSPS) is 10.6. The number of aryl methyl sites for hydroxylation is 2. The summed E-state index contributed by atoms with van der Waals surface area (Å²) in [6.45, 7) is 1.72. The lowest BCUT2D eigenvalue weighted by molar-refractivity contribution is -0.384. The van der Waals surface area contributed by atoms with Crippen molar-refractivity contribution in [3.8, 4) is 5.75 Å². The highest BCUT2D eigenvalue weighted by molar-refractivity contribution is 5.59. The van der Waals surface area contributed by atoms with E-state index in [-0.39, 0.29) is 18.1 Å². The van der Waals surface area contributed by atoms with Crippen LogP contribution in [0.15, 0.2) is 18.2 Å². The summed E-state index contributed by atoms with van der Waals surface area (Å²) in [6, 6.07) is 3.92. The van der Waals surface area contributed by atoms with Crippen LogP contribution >= 0.6 is 0 Å². The monoisotopic (exact) mass is 280 g/mol. The number of nitrogens with one attached hydrogen (secondary N) is 1. The van der Waals surface area contributed by atoms with Crippen molar-refractivity contribution in [2.24, 2.45) is 7.05 Å². The van der Waals surface area contributed by atoms with Gasteiger partial charge in [0.15, 0.2) is 11.6 Å². The molecule has 0 atom stereocenters. The Kier molecular flexibility index (Phi) is 3.55. The molecule has 1 heterocycles. The van der Waals surface area contributed by atoms with E-state index in [9.17, 15) is 14.5 Å². The molecule has 0 aliphatic carbocycles. The summed E-state index contributed by atoms with van der Waals surface area (Å²) in [6.07, 6.45) is 0. The van der Waals surface area contributed by atoms with E-state index in [4.69, 9.17) is 5.11 Å². The van der Waals surface area contributed by atoms with Gasteiger partial charge in [0.2, 0.25) is 5.82 Å². The molecule has 20 heavy (non-hydrogen) atoms. The summed E-state index contributed by atoms with van der Waals surface area (Å²) in [5, 5.41) is 26.9. The Labute approximate surface area is 113 Å². The van der Waals surface area contributed by atoms with Crippen LogP contribution in [0.25, 0.3) is 0 Å². The van der Waals surface area contributed by atoms with Crippen molar-refractivity contribution in [3.63, 3.8) is 0 Å². The molecular formula is C12H13FN4O3. The molecule has 0 fully saturated rings. The molecule has 8 heteroatoms. The van der Waals surface area contributed by atoms with E-state index < -0.39 is 16.5 Å². The fourth-order valence-corrected chi connectivity index (χ4v) is 1.91. The van der Waals surface area contributed by atoms with Gasteiger partial charge in [-0.15, -0.1) is 0 Å². The zero-order valence-electron chi connectivity index (χ0n) is 10.9. The number of benzene rings is 1. The number of halogens is 1. The van der Waals surface area contributed by atoms with Crippen molar-refractivity contribution in [1.82, 2.24) is 9.78 Å². The summed E-state index contributed by atoms with van der Waals surface area (Å²) in [5.41, 5.74) is 0.747. The van der Waals surface area contributed by atoms with Crippen LogP contribution in [0.5, 0.6) is 5.75 Å². The first-order chi connectivity index (χ1) is 9.40. The van der Waals surface area contributed by atoms with Crippen LogP contribution in [0.2, 0.25) is 0 Å². The fourth-order valence-electron chi connectivity index (χ4n) is 1.91. The van der Waals surface area contributed by atoms with Crippen LogP contribution < -0.4 is 5.32 Å². The van der Waals surface area contributed by atoms with Crippen LogP contribution in [0.4, 0.5) is 15.9 Å². The molecule has 7 nitrogen and oxygen atoms in total.